The highest BCUT2D eigenvalue weighted by Crippen LogP contribution is 2.18. The lowest BCUT2D eigenvalue weighted by molar-refractivity contribution is -0.144. The van der Waals surface area contributed by atoms with Gasteiger partial charge in [-0.25, -0.2) is 9.69 Å². The summed E-state index contributed by atoms with van der Waals surface area (Å²) in [5.74, 6) is -2.35. The van der Waals surface area contributed by atoms with Gasteiger partial charge in [0.2, 0.25) is 5.91 Å². The van der Waals surface area contributed by atoms with Gasteiger partial charge >= 0.3 is 17.8 Å². The van der Waals surface area contributed by atoms with Crippen molar-refractivity contribution in [2.24, 2.45) is 0 Å². The van der Waals surface area contributed by atoms with Crippen molar-refractivity contribution in [3.63, 3.8) is 0 Å². The summed E-state index contributed by atoms with van der Waals surface area (Å²) in [6, 6.07) is 7.62. The number of carbonyl (C=O) groups excluding carboxylic acids is 4. The Balaban J connectivity index is 2.21. The SMILES string of the molecule is C=CCN(C(=O)CN1C(=O)C(=O)N(C(C)C)C1=O)c1ccccc1. The highest BCUT2D eigenvalue weighted by molar-refractivity contribution is 6.45. The summed E-state index contributed by atoms with van der Waals surface area (Å²) >= 11 is 0. The molecule has 0 radical (unpaired) electrons. The molecule has 1 aromatic carbocycles. The van der Waals surface area contributed by atoms with Crippen LogP contribution in [-0.4, -0.2) is 52.7 Å². The van der Waals surface area contributed by atoms with Crippen LogP contribution in [-0.2, 0) is 14.4 Å². The van der Waals surface area contributed by atoms with Crippen LogP contribution in [0.5, 0.6) is 0 Å². The van der Waals surface area contributed by atoms with Crippen LogP contribution >= 0.6 is 0 Å². The summed E-state index contributed by atoms with van der Waals surface area (Å²) in [6.07, 6.45) is 1.55. The minimum absolute atomic E-state index is 0.223. The Morgan fingerprint density at radius 1 is 1.17 bits per heavy atom. The van der Waals surface area contributed by atoms with Crippen LogP contribution in [0.4, 0.5) is 10.5 Å². The van der Waals surface area contributed by atoms with Crippen molar-refractivity contribution >= 4 is 29.4 Å². The van der Waals surface area contributed by atoms with Crippen LogP contribution < -0.4 is 4.90 Å². The number of nitrogens with zero attached hydrogens (tertiary/aromatic N) is 3. The van der Waals surface area contributed by atoms with Crippen LogP contribution in [0.2, 0.25) is 0 Å². The Morgan fingerprint density at radius 3 is 2.29 bits per heavy atom. The summed E-state index contributed by atoms with van der Waals surface area (Å²) < 4.78 is 0. The fourth-order valence-electron chi connectivity index (χ4n) is 2.43. The Labute approximate surface area is 140 Å². The minimum atomic E-state index is -0.978. The molecule has 1 saturated heterocycles. The monoisotopic (exact) mass is 329 g/mol. The molecule has 0 N–H and O–H groups in total. The summed E-state index contributed by atoms with van der Waals surface area (Å²) in [7, 11) is 0. The van der Waals surface area contributed by atoms with E-state index in [1.165, 1.54) is 4.90 Å². The van der Waals surface area contributed by atoms with Crippen molar-refractivity contribution in [3.8, 4) is 0 Å². The number of hydrogen-bond acceptors (Lipinski definition) is 4. The van der Waals surface area contributed by atoms with E-state index in [-0.39, 0.29) is 6.54 Å². The van der Waals surface area contributed by atoms with Crippen LogP contribution in [0.3, 0.4) is 0 Å². The molecule has 1 aliphatic rings. The molecule has 126 valence electrons. The van der Waals surface area contributed by atoms with E-state index in [1.807, 2.05) is 6.07 Å². The second-order valence-corrected chi connectivity index (χ2v) is 5.57. The highest BCUT2D eigenvalue weighted by atomic mass is 16.2. The molecule has 1 heterocycles. The zero-order chi connectivity index (χ0) is 17.9. The van der Waals surface area contributed by atoms with Gasteiger partial charge in [-0.05, 0) is 26.0 Å². The zero-order valence-electron chi connectivity index (χ0n) is 13.6. The number of carbonyl (C=O) groups is 4. The maximum Gasteiger partial charge on any atom is 0.334 e. The topological polar surface area (TPSA) is 78.0 Å². The average Bonchev–Trinajstić information content (AvgIpc) is 2.76. The van der Waals surface area contributed by atoms with Gasteiger partial charge in [-0.2, -0.15) is 0 Å². The van der Waals surface area contributed by atoms with E-state index in [2.05, 4.69) is 6.58 Å². The number of amides is 5. The van der Waals surface area contributed by atoms with E-state index in [1.54, 1.807) is 44.2 Å². The third-order valence-corrected chi connectivity index (χ3v) is 3.57. The molecule has 5 amide bonds. The number of anilines is 1. The summed E-state index contributed by atoms with van der Waals surface area (Å²) in [5.41, 5.74) is 0.619. The second kappa shape index (κ2) is 7.08. The summed E-state index contributed by atoms with van der Waals surface area (Å²) in [6.45, 7) is 6.60. The van der Waals surface area contributed by atoms with Crippen molar-refractivity contribution in [2.75, 3.05) is 18.0 Å². The van der Waals surface area contributed by atoms with Gasteiger partial charge in [0.1, 0.15) is 6.54 Å². The molecule has 7 heteroatoms. The largest absolute Gasteiger partial charge is 0.334 e. The molecule has 2 rings (SSSR count). The van der Waals surface area contributed by atoms with Crippen LogP contribution in [0.15, 0.2) is 43.0 Å². The van der Waals surface area contributed by atoms with Crippen molar-refractivity contribution < 1.29 is 19.2 Å². The van der Waals surface area contributed by atoms with E-state index in [9.17, 15) is 19.2 Å². The van der Waals surface area contributed by atoms with E-state index in [0.29, 0.717) is 10.6 Å². The molecule has 0 bridgehead atoms. The van der Waals surface area contributed by atoms with Crippen molar-refractivity contribution in [1.82, 2.24) is 9.80 Å². The lowest BCUT2D eigenvalue weighted by atomic mass is 10.2. The third-order valence-electron chi connectivity index (χ3n) is 3.57. The first kappa shape index (κ1) is 17.4. The van der Waals surface area contributed by atoms with Crippen LogP contribution in [0.1, 0.15) is 13.8 Å². The molecular weight excluding hydrogens is 310 g/mol. The number of benzene rings is 1. The summed E-state index contributed by atoms with van der Waals surface area (Å²) in [4.78, 5) is 51.6. The normalized spacial score (nSPS) is 14.5. The molecular formula is C17H19N3O4. The molecule has 0 spiro atoms. The van der Waals surface area contributed by atoms with E-state index >= 15 is 0 Å². The maximum atomic E-state index is 12.6. The van der Waals surface area contributed by atoms with Crippen molar-refractivity contribution in [3.05, 3.63) is 43.0 Å². The van der Waals surface area contributed by atoms with Crippen molar-refractivity contribution in [1.29, 1.82) is 0 Å². The number of imide groups is 2. The Morgan fingerprint density at radius 2 is 1.79 bits per heavy atom. The molecule has 0 aromatic heterocycles. The van der Waals surface area contributed by atoms with Crippen molar-refractivity contribution in [2.45, 2.75) is 19.9 Å². The molecule has 1 aromatic rings. The zero-order valence-corrected chi connectivity index (χ0v) is 13.6. The Bertz CT molecular complexity index is 684. The predicted octanol–water partition coefficient (Wildman–Crippen LogP) is 1.40. The standard InChI is InChI=1S/C17H19N3O4/c1-4-10-18(13-8-6-5-7-9-13)14(21)11-19-15(22)16(23)20(12(2)3)17(19)24/h4-9,12H,1,10-11H2,2-3H3. The van der Waals surface area contributed by atoms with Gasteiger partial charge < -0.3 is 4.90 Å². The molecule has 1 aliphatic heterocycles. The number of para-hydroxylation sites is 1. The number of rotatable bonds is 6. The second-order valence-electron chi connectivity index (χ2n) is 5.57. The van der Waals surface area contributed by atoms with Gasteiger partial charge in [0.25, 0.3) is 0 Å². The van der Waals surface area contributed by atoms with Gasteiger partial charge in [-0.15, -0.1) is 6.58 Å². The lowest BCUT2D eigenvalue weighted by Gasteiger charge is -2.24. The predicted molar refractivity (Wildman–Crippen MR) is 88.1 cm³/mol. The van der Waals surface area contributed by atoms with Crippen LogP contribution in [0, 0.1) is 0 Å². The Hall–Kier alpha value is -2.96. The van der Waals surface area contributed by atoms with Gasteiger partial charge in [-0.3, -0.25) is 19.3 Å². The fourth-order valence-corrected chi connectivity index (χ4v) is 2.43. The number of urea groups is 1. The lowest BCUT2D eigenvalue weighted by Crippen LogP contribution is -2.44. The van der Waals surface area contributed by atoms with Gasteiger partial charge in [-0.1, -0.05) is 24.3 Å². The highest BCUT2D eigenvalue weighted by Gasteiger charge is 2.46. The number of hydrogen-bond donors (Lipinski definition) is 0. The fraction of sp³-hybridized carbons (Fsp3) is 0.294. The van der Waals surface area contributed by atoms with Gasteiger partial charge in [0.15, 0.2) is 0 Å². The third kappa shape index (κ3) is 3.19. The molecule has 0 aliphatic carbocycles. The molecule has 1 fully saturated rings. The average molecular weight is 329 g/mol. The van der Waals surface area contributed by atoms with E-state index < -0.39 is 36.3 Å². The molecule has 7 nitrogen and oxygen atoms in total. The van der Waals surface area contributed by atoms with Gasteiger partial charge in [0, 0.05) is 18.3 Å². The first-order valence-corrected chi connectivity index (χ1v) is 7.53. The van der Waals surface area contributed by atoms with E-state index in [4.69, 9.17) is 0 Å². The smallest absolute Gasteiger partial charge is 0.307 e. The molecule has 0 unspecified atom stereocenters. The quantitative estimate of drug-likeness (QED) is 0.449. The first-order chi connectivity index (χ1) is 11.4. The molecule has 0 saturated carbocycles. The minimum Gasteiger partial charge on any atom is -0.307 e. The Kier molecular flexibility index (Phi) is 5.13. The van der Waals surface area contributed by atoms with E-state index in [0.717, 1.165) is 4.90 Å². The molecule has 0 atom stereocenters. The first-order valence-electron chi connectivity index (χ1n) is 7.53. The molecule has 24 heavy (non-hydrogen) atoms. The summed E-state index contributed by atoms with van der Waals surface area (Å²) in [5, 5.41) is 0. The van der Waals surface area contributed by atoms with Gasteiger partial charge in [0.05, 0.1) is 0 Å². The maximum absolute atomic E-state index is 12.6. The van der Waals surface area contributed by atoms with Crippen LogP contribution in [0.25, 0.3) is 0 Å².